The highest BCUT2D eigenvalue weighted by molar-refractivity contribution is 5.73. The van der Waals surface area contributed by atoms with Crippen LogP contribution in [-0.2, 0) is 4.79 Å². The Morgan fingerprint density at radius 3 is 2.71 bits per heavy atom. The first-order valence-corrected chi connectivity index (χ1v) is 4.25. The van der Waals surface area contributed by atoms with E-state index in [2.05, 4.69) is 0 Å². The fourth-order valence-corrected chi connectivity index (χ4v) is 0.940. The molecule has 0 aliphatic heterocycles. The highest BCUT2D eigenvalue weighted by Crippen LogP contribution is 2.30. The van der Waals surface area contributed by atoms with Crippen LogP contribution in [0.1, 0.15) is 13.3 Å². The van der Waals surface area contributed by atoms with Crippen LogP contribution in [0.3, 0.4) is 0 Å². The zero-order valence-corrected chi connectivity index (χ0v) is 8.11. The lowest BCUT2D eigenvalue weighted by Crippen LogP contribution is -2.06. The van der Waals surface area contributed by atoms with Gasteiger partial charge in [-0.05, 0) is 12.1 Å². The highest BCUT2D eigenvalue weighted by atomic mass is 16.6. The van der Waals surface area contributed by atoms with Crippen molar-refractivity contribution in [2.45, 2.75) is 13.3 Å². The topological polar surface area (TPSA) is 55.8 Å². The van der Waals surface area contributed by atoms with Gasteiger partial charge in [-0.15, -0.1) is 0 Å². The lowest BCUT2D eigenvalue weighted by atomic mass is 10.3. The molecule has 4 nitrogen and oxygen atoms in total. The van der Waals surface area contributed by atoms with Crippen molar-refractivity contribution in [2.24, 2.45) is 0 Å². The Morgan fingerprint density at radius 1 is 1.43 bits per heavy atom. The van der Waals surface area contributed by atoms with E-state index in [0.29, 0.717) is 5.75 Å². The largest absolute Gasteiger partial charge is 0.508 e. The molecule has 1 aromatic carbocycles. The van der Waals surface area contributed by atoms with Gasteiger partial charge < -0.3 is 14.6 Å². The number of carbonyl (C=O) groups excluding carboxylic acids is 1. The van der Waals surface area contributed by atoms with Crippen molar-refractivity contribution in [3.8, 4) is 17.2 Å². The van der Waals surface area contributed by atoms with E-state index in [-0.39, 0.29) is 23.9 Å². The quantitative estimate of drug-likeness (QED) is 0.590. The van der Waals surface area contributed by atoms with Crippen LogP contribution in [0.4, 0.5) is 0 Å². The van der Waals surface area contributed by atoms with Crippen molar-refractivity contribution < 1.29 is 19.4 Å². The molecule has 1 N–H and O–H groups in total. The maximum Gasteiger partial charge on any atom is 0.311 e. The van der Waals surface area contributed by atoms with Crippen LogP contribution in [-0.4, -0.2) is 18.2 Å². The molecule has 4 heteroatoms. The molecule has 0 aliphatic carbocycles. The maximum absolute atomic E-state index is 11.0. The summed E-state index contributed by atoms with van der Waals surface area (Å²) in [4.78, 5) is 11.0. The second kappa shape index (κ2) is 4.50. The van der Waals surface area contributed by atoms with Crippen LogP contribution in [0.25, 0.3) is 0 Å². The second-order valence-corrected chi connectivity index (χ2v) is 2.66. The Kier molecular flexibility index (Phi) is 3.34. The summed E-state index contributed by atoms with van der Waals surface area (Å²) in [6.45, 7) is 1.69. The first-order chi connectivity index (χ1) is 6.67. The number of hydrogen-bond donors (Lipinski definition) is 1. The number of hydrogen-bond acceptors (Lipinski definition) is 4. The molecule has 0 atom stereocenters. The number of rotatable bonds is 3. The molecule has 0 aliphatic rings. The van der Waals surface area contributed by atoms with Gasteiger partial charge in [0, 0.05) is 12.5 Å². The van der Waals surface area contributed by atoms with E-state index in [4.69, 9.17) is 9.47 Å². The summed E-state index contributed by atoms with van der Waals surface area (Å²) in [7, 11) is 1.47. The van der Waals surface area contributed by atoms with Crippen LogP contribution < -0.4 is 9.47 Å². The summed E-state index contributed by atoms with van der Waals surface area (Å²) >= 11 is 0. The average molecular weight is 196 g/mol. The number of benzene rings is 1. The minimum absolute atomic E-state index is 0.0321. The number of aromatic hydroxyl groups is 1. The molecule has 14 heavy (non-hydrogen) atoms. The van der Waals surface area contributed by atoms with Crippen LogP contribution in [0.2, 0.25) is 0 Å². The standard InChI is InChI=1S/C10H12O4/c1-3-10(12)14-9-6-7(11)4-5-8(9)13-2/h4-6,11H,3H2,1-2H3. The van der Waals surface area contributed by atoms with E-state index in [9.17, 15) is 9.90 Å². The van der Waals surface area contributed by atoms with Gasteiger partial charge in [0.1, 0.15) is 5.75 Å². The van der Waals surface area contributed by atoms with Crippen LogP contribution in [0.15, 0.2) is 18.2 Å². The summed E-state index contributed by atoms with van der Waals surface area (Å²) in [5, 5.41) is 9.17. The Morgan fingerprint density at radius 2 is 2.14 bits per heavy atom. The zero-order chi connectivity index (χ0) is 10.6. The third-order valence-electron chi connectivity index (χ3n) is 1.66. The molecule has 0 radical (unpaired) electrons. The monoisotopic (exact) mass is 196 g/mol. The Bertz CT molecular complexity index is 333. The van der Waals surface area contributed by atoms with E-state index < -0.39 is 0 Å². The van der Waals surface area contributed by atoms with Crippen molar-refractivity contribution in [3.05, 3.63) is 18.2 Å². The Labute approximate surface area is 82.1 Å². The van der Waals surface area contributed by atoms with E-state index in [1.165, 1.54) is 25.3 Å². The van der Waals surface area contributed by atoms with Gasteiger partial charge in [0.25, 0.3) is 0 Å². The average Bonchev–Trinajstić information content (AvgIpc) is 2.18. The predicted octanol–water partition coefficient (Wildman–Crippen LogP) is 1.72. The van der Waals surface area contributed by atoms with Gasteiger partial charge in [-0.2, -0.15) is 0 Å². The molecule has 0 saturated carbocycles. The summed E-state index contributed by atoms with van der Waals surface area (Å²) in [6.07, 6.45) is 0.277. The molecule has 1 aromatic rings. The van der Waals surface area contributed by atoms with Crippen molar-refractivity contribution in [2.75, 3.05) is 7.11 Å². The highest BCUT2D eigenvalue weighted by Gasteiger charge is 2.08. The van der Waals surface area contributed by atoms with E-state index in [1.807, 2.05) is 0 Å². The molecule has 0 amide bonds. The van der Waals surface area contributed by atoms with E-state index in [1.54, 1.807) is 6.92 Å². The molecular weight excluding hydrogens is 184 g/mol. The molecule has 0 saturated heterocycles. The summed E-state index contributed by atoms with van der Waals surface area (Å²) in [5.41, 5.74) is 0. The summed E-state index contributed by atoms with van der Waals surface area (Å²) < 4.78 is 9.90. The molecule has 0 fully saturated rings. The molecule has 0 heterocycles. The number of esters is 1. The first kappa shape index (κ1) is 10.4. The molecular formula is C10H12O4. The number of ether oxygens (including phenoxy) is 2. The van der Waals surface area contributed by atoms with Gasteiger partial charge in [-0.3, -0.25) is 4.79 Å². The number of phenols is 1. The minimum Gasteiger partial charge on any atom is -0.508 e. The van der Waals surface area contributed by atoms with Crippen molar-refractivity contribution in [1.29, 1.82) is 0 Å². The lowest BCUT2D eigenvalue weighted by Gasteiger charge is -2.08. The third-order valence-corrected chi connectivity index (χ3v) is 1.66. The maximum atomic E-state index is 11.0. The first-order valence-electron chi connectivity index (χ1n) is 4.25. The predicted molar refractivity (Wildman–Crippen MR) is 50.6 cm³/mol. The lowest BCUT2D eigenvalue weighted by molar-refractivity contribution is -0.134. The van der Waals surface area contributed by atoms with Crippen LogP contribution >= 0.6 is 0 Å². The number of methoxy groups -OCH3 is 1. The molecule has 0 bridgehead atoms. The SMILES string of the molecule is CCC(=O)Oc1cc(O)ccc1OC. The third kappa shape index (κ3) is 2.39. The van der Waals surface area contributed by atoms with Gasteiger partial charge in [-0.25, -0.2) is 0 Å². The molecule has 0 aromatic heterocycles. The minimum atomic E-state index is -0.367. The molecule has 0 spiro atoms. The molecule has 1 rings (SSSR count). The number of phenolic OH excluding ortho intramolecular Hbond substituents is 1. The molecule has 0 unspecified atom stereocenters. The molecule has 76 valence electrons. The zero-order valence-electron chi connectivity index (χ0n) is 8.11. The van der Waals surface area contributed by atoms with Crippen LogP contribution in [0.5, 0.6) is 17.2 Å². The summed E-state index contributed by atoms with van der Waals surface area (Å²) in [6, 6.07) is 4.34. The smallest absolute Gasteiger partial charge is 0.311 e. The van der Waals surface area contributed by atoms with Crippen molar-refractivity contribution in [1.82, 2.24) is 0 Å². The summed E-state index contributed by atoms with van der Waals surface area (Å²) in [5.74, 6) is 0.322. The fourth-order valence-electron chi connectivity index (χ4n) is 0.940. The Hall–Kier alpha value is -1.71. The van der Waals surface area contributed by atoms with Gasteiger partial charge in [0.05, 0.1) is 7.11 Å². The van der Waals surface area contributed by atoms with Gasteiger partial charge in [0.15, 0.2) is 11.5 Å². The van der Waals surface area contributed by atoms with Gasteiger partial charge in [-0.1, -0.05) is 6.92 Å². The number of carbonyl (C=O) groups is 1. The Balaban J connectivity index is 2.93. The fraction of sp³-hybridized carbons (Fsp3) is 0.300. The second-order valence-electron chi connectivity index (χ2n) is 2.66. The van der Waals surface area contributed by atoms with E-state index in [0.717, 1.165) is 0 Å². The van der Waals surface area contributed by atoms with Crippen LogP contribution in [0, 0.1) is 0 Å². The van der Waals surface area contributed by atoms with Crippen molar-refractivity contribution in [3.63, 3.8) is 0 Å². The van der Waals surface area contributed by atoms with Crippen molar-refractivity contribution >= 4 is 5.97 Å². The van der Waals surface area contributed by atoms with Gasteiger partial charge in [0.2, 0.25) is 0 Å². The normalized spacial score (nSPS) is 9.57. The van der Waals surface area contributed by atoms with E-state index >= 15 is 0 Å². The van der Waals surface area contributed by atoms with Gasteiger partial charge >= 0.3 is 5.97 Å².